The summed E-state index contributed by atoms with van der Waals surface area (Å²) in [6.07, 6.45) is -0.295. The summed E-state index contributed by atoms with van der Waals surface area (Å²) in [4.78, 5) is 0. The summed E-state index contributed by atoms with van der Waals surface area (Å²) in [7, 11) is 0. The number of benzene rings is 1. The zero-order valence-electron chi connectivity index (χ0n) is 10.8. The third kappa shape index (κ3) is 2.21. The highest BCUT2D eigenvalue weighted by atomic mass is 19.3. The first-order valence-electron chi connectivity index (χ1n) is 6.24. The maximum atomic E-state index is 13.2. The van der Waals surface area contributed by atoms with Crippen molar-refractivity contribution in [3.63, 3.8) is 0 Å². The van der Waals surface area contributed by atoms with Gasteiger partial charge in [-0.05, 0) is 37.1 Å². The second kappa shape index (κ2) is 4.50. The molecule has 0 unspecified atom stereocenters. The fraction of sp³-hybridized carbons (Fsp3) is 0.571. The molecule has 1 aliphatic rings. The lowest BCUT2D eigenvalue weighted by atomic mass is 9.61. The van der Waals surface area contributed by atoms with Gasteiger partial charge in [0.2, 0.25) is 5.92 Å². The van der Waals surface area contributed by atoms with Crippen molar-refractivity contribution in [3.8, 4) is 5.75 Å². The maximum absolute atomic E-state index is 13.2. The van der Waals surface area contributed by atoms with Crippen LogP contribution in [0.1, 0.15) is 30.9 Å². The molecule has 4 heteroatoms. The quantitative estimate of drug-likeness (QED) is 0.897. The molecule has 1 fully saturated rings. The predicted molar refractivity (Wildman–Crippen MR) is 67.3 cm³/mol. The Balaban J connectivity index is 2.28. The van der Waals surface area contributed by atoms with E-state index in [-0.39, 0.29) is 19.4 Å². The van der Waals surface area contributed by atoms with Gasteiger partial charge in [-0.3, -0.25) is 0 Å². The van der Waals surface area contributed by atoms with Crippen LogP contribution < -0.4 is 10.5 Å². The molecule has 1 aliphatic carbocycles. The Morgan fingerprint density at radius 3 is 2.44 bits per heavy atom. The second-order valence-corrected chi connectivity index (χ2v) is 5.10. The lowest BCUT2D eigenvalue weighted by Gasteiger charge is -2.47. The summed E-state index contributed by atoms with van der Waals surface area (Å²) in [5, 5.41) is 0. The van der Waals surface area contributed by atoms with Crippen LogP contribution in [0.3, 0.4) is 0 Å². The molecule has 0 aromatic heterocycles. The minimum atomic E-state index is -2.57. The van der Waals surface area contributed by atoms with Gasteiger partial charge < -0.3 is 10.5 Å². The van der Waals surface area contributed by atoms with Gasteiger partial charge in [0, 0.05) is 24.8 Å². The number of nitrogens with two attached hydrogens (primary N) is 1. The predicted octanol–water partition coefficient (Wildman–Crippen LogP) is 3.02. The molecule has 2 rings (SSSR count). The molecule has 2 N–H and O–H groups in total. The number of rotatable bonds is 4. The third-order valence-electron chi connectivity index (χ3n) is 3.67. The van der Waals surface area contributed by atoms with Crippen molar-refractivity contribution in [1.82, 2.24) is 0 Å². The molecule has 1 saturated carbocycles. The summed E-state index contributed by atoms with van der Waals surface area (Å²) >= 11 is 0. The number of halogens is 2. The van der Waals surface area contributed by atoms with Crippen molar-refractivity contribution < 1.29 is 13.5 Å². The minimum absolute atomic E-state index is 0.147. The van der Waals surface area contributed by atoms with Crippen molar-refractivity contribution in [2.24, 2.45) is 5.73 Å². The smallest absolute Gasteiger partial charge is 0.250 e. The Kier molecular flexibility index (Phi) is 3.32. The molecule has 0 bridgehead atoms. The molecule has 100 valence electrons. The van der Waals surface area contributed by atoms with Gasteiger partial charge >= 0.3 is 0 Å². The monoisotopic (exact) mass is 255 g/mol. The molecular formula is C14H19F2NO. The standard InChI is InChI=1S/C14H19F2NO/c1-3-18-11-4-5-12(10(2)6-11)13(9-17)7-14(15,16)8-13/h4-6H,3,7-9,17H2,1-2H3. The summed E-state index contributed by atoms with van der Waals surface area (Å²) < 4.78 is 31.7. The Morgan fingerprint density at radius 2 is 2.00 bits per heavy atom. The van der Waals surface area contributed by atoms with Gasteiger partial charge in [-0.2, -0.15) is 0 Å². The van der Waals surface area contributed by atoms with Crippen LogP contribution in [0.25, 0.3) is 0 Å². The molecule has 18 heavy (non-hydrogen) atoms. The molecule has 0 amide bonds. The van der Waals surface area contributed by atoms with Crippen LogP contribution >= 0.6 is 0 Å². The van der Waals surface area contributed by atoms with Gasteiger partial charge in [0.1, 0.15) is 5.75 Å². The van der Waals surface area contributed by atoms with Crippen molar-refractivity contribution in [2.45, 2.75) is 38.0 Å². The average molecular weight is 255 g/mol. The molecule has 1 aromatic rings. The zero-order chi connectivity index (χ0) is 13.4. The number of aryl methyl sites for hydroxylation is 1. The van der Waals surface area contributed by atoms with Crippen molar-refractivity contribution in [3.05, 3.63) is 29.3 Å². The fourth-order valence-electron chi connectivity index (χ4n) is 2.87. The Hall–Kier alpha value is -1.16. The number of alkyl halides is 2. The molecule has 2 nitrogen and oxygen atoms in total. The SMILES string of the molecule is CCOc1ccc(C2(CN)CC(F)(F)C2)c(C)c1. The molecule has 1 aromatic carbocycles. The highest BCUT2D eigenvalue weighted by molar-refractivity contribution is 5.42. The van der Waals surface area contributed by atoms with E-state index in [0.29, 0.717) is 6.61 Å². The van der Waals surface area contributed by atoms with E-state index in [2.05, 4.69) is 0 Å². The first-order chi connectivity index (χ1) is 8.42. The third-order valence-corrected chi connectivity index (χ3v) is 3.67. The van der Waals surface area contributed by atoms with Crippen molar-refractivity contribution >= 4 is 0 Å². The molecule has 0 saturated heterocycles. The van der Waals surface area contributed by atoms with Crippen molar-refractivity contribution in [1.29, 1.82) is 0 Å². The van der Waals surface area contributed by atoms with Crippen LogP contribution in [0.4, 0.5) is 8.78 Å². The molecular weight excluding hydrogens is 236 g/mol. The number of hydrogen-bond acceptors (Lipinski definition) is 2. The molecule has 0 spiro atoms. The van der Waals surface area contributed by atoms with E-state index in [1.165, 1.54) is 0 Å². The fourth-order valence-corrected chi connectivity index (χ4v) is 2.87. The second-order valence-electron chi connectivity index (χ2n) is 5.10. The highest BCUT2D eigenvalue weighted by Gasteiger charge is 2.56. The molecule has 0 heterocycles. The largest absolute Gasteiger partial charge is 0.494 e. The van der Waals surface area contributed by atoms with E-state index < -0.39 is 11.3 Å². The van der Waals surface area contributed by atoms with Crippen LogP contribution in [0.5, 0.6) is 5.75 Å². The molecule has 0 atom stereocenters. The van der Waals surface area contributed by atoms with Crippen LogP contribution in [0.2, 0.25) is 0 Å². The first-order valence-corrected chi connectivity index (χ1v) is 6.24. The topological polar surface area (TPSA) is 35.2 Å². The van der Waals surface area contributed by atoms with E-state index >= 15 is 0 Å². The minimum Gasteiger partial charge on any atom is -0.494 e. The van der Waals surface area contributed by atoms with Gasteiger partial charge in [-0.15, -0.1) is 0 Å². The average Bonchev–Trinajstić information content (AvgIpc) is 2.26. The zero-order valence-corrected chi connectivity index (χ0v) is 10.8. The van der Waals surface area contributed by atoms with Gasteiger partial charge in [-0.25, -0.2) is 8.78 Å². The summed E-state index contributed by atoms with van der Waals surface area (Å²) in [5.41, 5.74) is 7.07. The number of ether oxygens (including phenoxy) is 1. The number of hydrogen-bond donors (Lipinski definition) is 1. The first kappa shape index (κ1) is 13.3. The van der Waals surface area contributed by atoms with Crippen LogP contribution in [0.15, 0.2) is 18.2 Å². The molecule has 0 aliphatic heterocycles. The van der Waals surface area contributed by atoms with Crippen LogP contribution in [-0.4, -0.2) is 19.1 Å². The van der Waals surface area contributed by atoms with E-state index in [9.17, 15) is 8.78 Å². The molecule has 0 radical (unpaired) electrons. The lowest BCUT2D eigenvalue weighted by molar-refractivity contribution is -0.123. The van der Waals surface area contributed by atoms with Gasteiger partial charge in [0.05, 0.1) is 6.61 Å². The van der Waals surface area contributed by atoms with E-state index in [0.717, 1.165) is 16.9 Å². The van der Waals surface area contributed by atoms with E-state index in [4.69, 9.17) is 10.5 Å². The van der Waals surface area contributed by atoms with Gasteiger partial charge in [0.25, 0.3) is 0 Å². The Morgan fingerprint density at radius 1 is 1.33 bits per heavy atom. The van der Waals surface area contributed by atoms with Gasteiger partial charge in [0.15, 0.2) is 0 Å². The van der Waals surface area contributed by atoms with E-state index in [1.807, 2.05) is 32.0 Å². The van der Waals surface area contributed by atoms with Crippen LogP contribution in [0, 0.1) is 6.92 Å². The van der Waals surface area contributed by atoms with Gasteiger partial charge in [-0.1, -0.05) is 6.07 Å². The Bertz CT molecular complexity index is 437. The normalized spacial score (nSPS) is 20.3. The van der Waals surface area contributed by atoms with E-state index in [1.54, 1.807) is 0 Å². The Labute approximate surface area is 106 Å². The maximum Gasteiger partial charge on any atom is 0.250 e. The highest BCUT2D eigenvalue weighted by Crippen LogP contribution is 2.53. The van der Waals surface area contributed by atoms with Crippen LogP contribution in [-0.2, 0) is 5.41 Å². The summed E-state index contributed by atoms with van der Waals surface area (Å²) in [5.74, 6) is -1.79. The lowest BCUT2D eigenvalue weighted by Crippen LogP contribution is -2.54. The summed E-state index contributed by atoms with van der Waals surface area (Å²) in [6, 6.07) is 5.61. The van der Waals surface area contributed by atoms with Crippen molar-refractivity contribution in [2.75, 3.05) is 13.2 Å². The summed E-state index contributed by atoms with van der Waals surface area (Å²) in [6.45, 7) is 4.69.